The topological polar surface area (TPSA) is 75.6 Å². The van der Waals surface area contributed by atoms with Gasteiger partial charge in [-0.15, -0.1) is 0 Å². The summed E-state index contributed by atoms with van der Waals surface area (Å²) >= 11 is 0. The number of hydrogen-bond donors (Lipinski definition) is 2. The number of hydrogen-bond acceptors (Lipinski definition) is 4. The molecule has 1 rings (SSSR count). The first kappa shape index (κ1) is 12.0. The Morgan fingerprint density at radius 1 is 1.62 bits per heavy atom. The van der Waals surface area contributed by atoms with Gasteiger partial charge in [0.05, 0.1) is 12.7 Å². The Labute approximate surface area is 90.8 Å². The molecule has 0 saturated heterocycles. The Balaban J connectivity index is 3.44. The Kier molecular flexibility index (Phi) is 3.44. The van der Waals surface area contributed by atoms with Crippen molar-refractivity contribution in [1.82, 2.24) is 0 Å². The molecule has 0 fully saturated rings. The van der Waals surface area contributed by atoms with Gasteiger partial charge in [-0.2, -0.15) is 0 Å². The number of phenols is 1. The Hall–Kier alpha value is -2.11. The normalized spacial score (nSPS) is 9.69. The molecular formula is C10H10FNO4. The highest BCUT2D eigenvalue weighted by atomic mass is 19.1. The van der Waals surface area contributed by atoms with Crippen molar-refractivity contribution in [3.05, 3.63) is 17.4 Å². The van der Waals surface area contributed by atoms with Gasteiger partial charge in [0.2, 0.25) is 5.91 Å². The molecule has 0 atom stereocenters. The van der Waals surface area contributed by atoms with Crippen LogP contribution in [0, 0.1) is 5.82 Å². The molecule has 0 radical (unpaired) electrons. The van der Waals surface area contributed by atoms with Crippen LogP contribution in [0.3, 0.4) is 0 Å². The number of aldehydes is 1. The molecule has 1 amide bonds. The van der Waals surface area contributed by atoms with E-state index < -0.39 is 17.5 Å². The summed E-state index contributed by atoms with van der Waals surface area (Å²) in [4.78, 5) is 21.4. The van der Waals surface area contributed by atoms with E-state index in [0.29, 0.717) is 0 Å². The van der Waals surface area contributed by atoms with Crippen LogP contribution in [0.4, 0.5) is 10.1 Å². The molecule has 0 unspecified atom stereocenters. The van der Waals surface area contributed by atoms with Crippen molar-refractivity contribution in [2.45, 2.75) is 6.92 Å². The van der Waals surface area contributed by atoms with E-state index in [1.54, 1.807) is 0 Å². The molecule has 0 aliphatic carbocycles. The molecule has 0 saturated carbocycles. The Morgan fingerprint density at radius 2 is 2.25 bits per heavy atom. The lowest BCUT2D eigenvalue weighted by Gasteiger charge is -2.12. The minimum absolute atomic E-state index is 0.253. The molecule has 6 heteroatoms. The summed E-state index contributed by atoms with van der Waals surface area (Å²) in [6, 6.07) is 0.826. The van der Waals surface area contributed by atoms with Crippen LogP contribution in [-0.2, 0) is 4.79 Å². The summed E-state index contributed by atoms with van der Waals surface area (Å²) in [7, 11) is 1.18. The third-order valence-electron chi connectivity index (χ3n) is 1.87. The average molecular weight is 227 g/mol. The van der Waals surface area contributed by atoms with Crippen molar-refractivity contribution in [1.29, 1.82) is 0 Å². The Bertz CT molecular complexity index is 445. The third kappa shape index (κ3) is 2.10. The SMILES string of the molecule is COc1c(F)cc(C=O)c(O)c1NC(C)=O. The van der Waals surface area contributed by atoms with Gasteiger partial charge in [0.25, 0.3) is 0 Å². The summed E-state index contributed by atoms with van der Waals surface area (Å²) in [6.07, 6.45) is 0.281. The van der Waals surface area contributed by atoms with Gasteiger partial charge in [0.15, 0.2) is 23.6 Å². The lowest BCUT2D eigenvalue weighted by atomic mass is 10.1. The molecule has 16 heavy (non-hydrogen) atoms. The summed E-state index contributed by atoms with van der Waals surface area (Å²) in [6.45, 7) is 1.18. The minimum atomic E-state index is -0.842. The molecule has 0 heterocycles. The lowest BCUT2D eigenvalue weighted by molar-refractivity contribution is -0.114. The molecule has 2 N–H and O–H groups in total. The highest BCUT2D eigenvalue weighted by molar-refractivity contribution is 5.95. The van der Waals surface area contributed by atoms with Crippen LogP contribution in [0.25, 0.3) is 0 Å². The maximum atomic E-state index is 13.4. The van der Waals surface area contributed by atoms with E-state index in [1.165, 1.54) is 14.0 Å². The van der Waals surface area contributed by atoms with E-state index in [4.69, 9.17) is 4.74 Å². The monoisotopic (exact) mass is 227 g/mol. The van der Waals surface area contributed by atoms with Gasteiger partial charge >= 0.3 is 0 Å². The van der Waals surface area contributed by atoms with Gasteiger partial charge in [0, 0.05) is 6.92 Å². The van der Waals surface area contributed by atoms with Gasteiger partial charge in [-0.1, -0.05) is 0 Å². The van der Waals surface area contributed by atoms with Gasteiger partial charge in [0.1, 0.15) is 5.69 Å². The fourth-order valence-electron chi connectivity index (χ4n) is 1.22. The van der Waals surface area contributed by atoms with Crippen molar-refractivity contribution in [2.24, 2.45) is 0 Å². The largest absolute Gasteiger partial charge is 0.505 e. The molecule has 86 valence electrons. The first-order valence-corrected chi connectivity index (χ1v) is 4.33. The number of benzene rings is 1. The minimum Gasteiger partial charge on any atom is -0.505 e. The fourth-order valence-corrected chi connectivity index (χ4v) is 1.22. The third-order valence-corrected chi connectivity index (χ3v) is 1.87. The molecule has 1 aromatic carbocycles. The number of nitrogens with one attached hydrogen (secondary N) is 1. The number of phenolic OH excluding ortho intramolecular Hbond substituents is 1. The van der Waals surface area contributed by atoms with Crippen LogP contribution >= 0.6 is 0 Å². The predicted molar refractivity (Wildman–Crippen MR) is 54.3 cm³/mol. The first-order valence-electron chi connectivity index (χ1n) is 4.33. The van der Waals surface area contributed by atoms with Crippen LogP contribution in [0.1, 0.15) is 17.3 Å². The van der Waals surface area contributed by atoms with Crippen LogP contribution < -0.4 is 10.1 Å². The molecule has 5 nitrogen and oxygen atoms in total. The fraction of sp³-hybridized carbons (Fsp3) is 0.200. The first-order chi connectivity index (χ1) is 7.51. The van der Waals surface area contributed by atoms with E-state index in [0.717, 1.165) is 6.07 Å². The quantitative estimate of drug-likeness (QED) is 0.603. The van der Waals surface area contributed by atoms with E-state index in [2.05, 4.69) is 5.32 Å². The number of carbonyl (C=O) groups is 2. The number of carbonyl (C=O) groups excluding carboxylic acids is 2. The smallest absolute Gasteiger partial charge is 0.221 e. The highest BCUT2D eigenvalue weighted by Crippen LogP contribution is 2.38. The van der Waals surface area contributed by atoms with E-state index in [1.807, 2.05) is 0 Å². The summed E-state index contributed by atoms with van der Waals surface area (Å²) in [5.41, 5.74) is -0.515. The molecular weight excluding hydrogens is 217 g/mol. The number of halogens is 1. The molecule has 0 spiro atoms. The van der Waals surface area contributed by atoms with Crippen molar-refractivity contribution in [3.8, 4) is 11.5 Å². The van der Waals surface area contributed by atoms with Crippen molar-refractivity contribution < 1.29 is 23.8 Å². The van der Waals surface area contributed by atoms with Gasteiger partial charge < -0.3 is 15.2 Å². The zero-order valence-electron chi connectivity index (χ0n) is 8.70. The summed E-state index contributed by atoms with van der Waals surface area (Å²) in [5, 5.41) is 11.8. The van der Waals surface area contributed by atoms with E-state index in [-0.39, 0.29) is 23.3 Å². The van der Waals surface area contributed by atoms with Crippen LogP contribution in [-0.4, -0.2) is 24.4 Å². The number of amides is 1. The number of aromatic hydroxyl groups is 1. The van der Waals surface area contributed by atoms with E-state index >= 15 is 0 Å². The second-order valence-electron chi connectivity index (χ2n) is 3.00. The zero-order valence-corrected chi connectivity index (χ0v) is 8.70. The van der Waals surface area contributed by atoms with Crippen molar-refractivity contribution in [2.75, 3.05) is 12.4 Å². The van der Waals surface area contributed by atoms with Crippen molar-refractivity contribution >= 4 is 17.9 Å². The number of rotatable bonds is 3. The predicted octanol–water partition coefficient (Wildman–Crippen LogP) is 1.31. The Morgan fingerprint density at radius 3 is 2.69 bits per heavy atom. The maximum absolute atomic E-state index is 13.4. The summed E-state index contributed by atoms with van der Waals surface area (Å²) < 4.78 is 18.1. The molecule has 0 aromatic heterocycles. The second kappa shape index (κ2) is 4.61. The second-order valence-corrected chi connectivity index (χ2v) is 3.00. The zero-order chi connectivity index (χ0) is 12.3. The average Bonchev–Trinajstić information content (AvgIpc) is 2.22. The number of ether oxygens (including phenoxy) is 1. The van der Waals surface area contributed by atoms with Gasteiger partial charge in [-0.05, 0) is 6.07 Å². The standard InChI is InChI=1S/C10H10FNO4/c1-5(14)12-8-9(15)6(4-13)3-7(11)10(8)16-2/h3-4,15H,1-2H3,(H,12,14). The number of anilines is 1. The molecule has 1 aromatic rings. The van der Waals surface area contributed by atoms with Gasteiger partial charge in [-0.25, -0.2) is 4.39 Å². The van der Waals surface area contributed by atoms with Gasteiger partial charge in [-0.3, -0.25) is 9.59 Å². The van der Waals surface area contributed by atoms with E-state index in [9.17, 15) is 19.1 Å². The molecule has 0 aliphatic rings. The van der Waals surface area contributed by atoms with Crippen LogP contribution in [0.15, 0.2) is 6.07 Å². The van der Waals surface area contributed by atoms with Crippen LogP contribution in [0.5, 0.6) is 11.5 Å². The summed E-state index contributed by atoms with van der Waals surface area (Å²) in [5.74, 6) is -2.20. The highest BCUT2D eigenvalue weighted by Gasteiger charge is 2.19. The molecule has 0 aliphatic heterocycles. The molecule has 0 bridgehead atoms. The van der Waals surface area contributed by atoms with Crippen molar-refractivity contribution in [3.63, 3.8) is 0 Å². The number of methoxy groups -OCH3 is 1. The lowest BCUT2D eigenvalue weighted by Crippen LogP contribution is -2.09. The van der Waals surface area contributed by atoms with Crippen LogP contribution in [0.2, 0.25) is 0 Å². The maximum Gasteiger partial charge on any atom is 0.221 e.